The molecule has 11 rings (SSSR count). The number of hydrogen-bond donors (Lipinski definition) is 0. The van der Waals surface area contributed by atoms with Crippen molar-refractivity contribution >= 4 is 49.8 Å². The molecule has 0 fully saturated rings. The third kappa shape index (κ3) is 4.68. The Hall–Kier alpha value is -7.16. The molecule has 0 aliphatic heterocycles. The quantitative estimate of drug-likeness (QED) is 0.172. The summed E-state index contributed by atoms with van der Waals surface area (Å²) in [5.74, 6) is 0. The molecule has 1 heterocycles. The Morgan fingerprint density at radius 1 is 0.364 bits per heavy atom. The van der Waals surface area contributed by atoms with Crippen LogP contribution < -0.4 is 4.90 Å². The van der Waals surface area contributed by atoms with E-state index in [-0.39, 0.29) is 0 Å². The highest BCUT2D eigenvalue weighted by Gasteiger charge is 2.47. The number of para-hydroxylation sites is 2. The van der Waals surface area contributed by atoms with Gasteiger partial charge in [-0.15, -0.1) is 0 Å². The Balaban J connectivity index is 1.11. The van der Waals surface area contributed by atoms with E-state index < -0.39 is 5.41 Å². The van der Waals surface area contributed by atoms with E-state index in [0.717, 1.165) is 55.5 Å². The fourth-order valence-electron chi connectivity index (χ4n) is 9.21. The second-order valence-corrected chi connectivity index (χ2v) is 14.4. The molecule has 10 aromatic rings. The number of nitrogens with zero attached hydrogens (tertiary/aromatic N) is 1. The second kappa shape index (κ2) is 12.5. The molecule has 0 amide bonds. The number of hydrogen-bond acceptors (Lipinski definition) is 2. The van der Waals surface area contributed by atoms with Gasteiger partial charge in [0.2, 0.25) is 0 Å². The van der Waals surface area contributed by atoms with Crippen LogP contribution in [0.5, 0.6) is 0 Å². The normalized spacial score (nSPS) is 12.9. The highest BCUT2D eigenvalue weighted by atomic mass is 16.3. The maximum absolute atomic E-state index is 6.73. The van der Waals surface area contributed by atoms with E-state index in [1.165, 1.54) is 38.8 Å². The summed E-state index contributed by atoms with van der Waals surface area (Å²) in [5, 5.41) is 4.59. The minimum atomic E-state index is -0.479. The first kappa shape index (κ1) is 31.4. The molecule has 0 saturated carbocycles. The summed E-state index contributed by atoms with van der Waals surface area (Å²) in [6.07, 6.45) is 0. The SMILES string of the molecule is c1ccc(N(c2ccc(-c3cccc4c3oc3c5ccccc5ccc43)cc2)c2cccc3c2-c2ccccc2C3(c2ccccc2)c2ccccc2)cc1. The maximum atomic E-state index is 6.73. The molecule has 2 nitrogen and oxygen atoms in total. The molecule has 0 bridgehead atoms. The van der Waals surface area contributed by atoms with Crippen molar-refractivity contribution in [3.05, 3.63) is 235 Å². The van der Waals surface area contributed by atoms with E-state index in [4.69, 9.17) is 4.42 Å². The van der Waals surface area contributed by atoms with Crippen molar-refractivity contribution in [1.82, 2.24) is 0 Å². The standard InChI is InChI=1S/C53H35NO/c1-4-17-38(18-5-1)53(39-19-6-2-7-20-39)47-27-13-12-24-46(47)50-48(53)28-15-29-49(50)54(40-21-8-3-9-22-40)41-33-30-37(31-34-41)43-25-14-26-44-45-35-32-36-16-10-11-23-42(36)52(45)55-51(43)44/h1-35H. The van der Waals surface area contributed by atoms with Crippen LogP contribution in [0, 0.1) is 0 Å². The number of furan rings is 1. The lowest BCUT2D eigenvalue weighted by Crippen LogP contribution is -2.28. The third-order valence-electron chi connectivity index (χ3n) is 11.5. The van der Waals surface area contributed by atoms with Gasteiger partial charge >= 0.3 is 0 Å². The van der Waals surface area contributed by atoms with Gasteiger partial charge in [0.25, 0.3) is 0 Å². The Kier molecular flexibility index (Phi) is 7.11. The summed E-state index contributed by atoms with van der Waals surface area (Å²) in [6.45, 7) is 0. The fourth-order valence-corrected chi connectivity index (χ4v) is 9.21. The van der Waals surface area contributed by atoms with Crippen molar-refractivity contribution in [3.63, 3.8) is 0 Å². The predicted molar refractivity (Wildman–Crippen MR) is 229 cm³/mol. The van der Waals surface area contributed by atoms with E-state index in [1.807, 2.05) is 0 Å². The molecule has 0 unspecified atom stereocenters. The van der Waals surface area contributed by atoms with Gasteiger partial charge in [-0.2, -0.15) is 0 Å². The molecule has 1 aliphatic rings. The molecule has 1 aliphatic carbocycles. The summed E-state index contributed by atoms with van der Waals surface area (Å²) in [4.78, 5) is 2.42. The first-order valence-corrected chi connectivity index (χ1v) is 18.9. The predicted octanol–water partition coefficient (Wildman–Crippen LogP) is 14.2. The van der Waals surface area contributed by atoms with Crippen molar-refractivity contribution in [1.29, 1.82) is 0 Å². The summed E-state index contributed by atoms with van der Waals surface area (Å²) < 4.78 is 6.73. The molecule has 55 heavy (non-hydrogen) atoms. The molecular weight excluding hydrogens is 667 g/mol. The summed E-state index contributed by atoms with van der Waals surface area (Å²) in [6, 6.07) is 76.9. The molecule has 9 aromatic carbocycles. The van der Waals surface area contributed by atoms with Crippen LogP contribution >= 0.6 is 0 Å². The molecular formula is C53H35NO. The largest absolute Gasteiger partial charge is 0.455 e. The zero-order valence-corrected chi connectivity index (χ0v) is 30.1. The van der Waals surface area contributed by atoms with Gasteiger partial charge in [0.05, 0.1) is 11.1 Å². The van der Waals surface area contributed by atoms with Gasteiger partial charge < -0.3 is 9.32 Å². The van der Waals surface area contributed by atoms with E-state index in [9.17, 15) is 0 Å². The van der Waals surface area contributed by atoms with Gasteiger partial charge in [0, 0.05) is 38.7 Å². The highest BCUT2D eigenvalue weighted by molar-refractivity contribution is 6.17. The summed E-state index contributed by atoms with van der Waals surface area (Å²) in [5.41, 5.74) is 14.5. The molecule has 1 aromatic heterocycles. The van der Waals surface area contributed by atoms with Crippen LogP contribution in [0.25, 0.3) is 55.0 Å². The van der Waals surface area contributed by atoms with Crippen LogP contribution in [0.3, 0.4) is 0 Å². The lowest BCUT2D eigenvalue weighted by Gasteiger charge is -2.34. The van der Waals surface area contributed by atoms with Gasteiger partial charge in [-0.3, -0.25) is 0 Å². The average molecular weight is 702 g/mol. The van der Waals surface area contributed by atoms with Crippen molar-refractivity contribution in [3.8, 4) is 22.3 Å². The number of rotatable bonds is 6. The Morgan fingerprint density at radius 2 is 0.927 bits per heavy atom. The van der Waals surface area contributed by atoms with E-state index in [2.05, 4.69) is 217 Å². The minimum absolute atomic E-state index is 0.479. The first-order valence-electron chi connectivity index (χ1n) is 18.9. The zero-order chi connectivity index (χ0) is 36.3. The lowest BCUT2D eigenvalue weighted by atomic mass is 9.68. The van der Waals surface area contributed by atoms with Crippen molar-refractivity contribution in [2.45, 2.75) is 5.41 Å². The Morgan fingerprint density at radius 3 is 1.69 bits per heavy atom. The zero-order valence-electron chi connectivity index (χ0n) is 30.1. The average Bonchev–Trinajstić information content (AvgIpc) is 3.80. The fraction of sp³-hybridized carbons (Fsp3) is 0.0189. The molecule has 0 saturated heterocycles. The van der Waals surface area contributed by atoms with Crippen molar-refractivity contribution in [2.24, 2.45) is 0 Å². The molecule has 0 N–H and O–H groups in total. The summed E-state index contributed by atoms with van der Waals surface area (Å²) >= 11 is 0. The monoisotopic (exact) mass is 701 g/mol. The van der Waals surface area contributed by atoms with Crippen molar-refractivity contribution < 1.29 is 4.42 Å². The van der Waals surface area contributed by atoms with Crippen LogP contribution in [0.4, 0.5) is 17.1 Å². The highest BCUT2D eigenvalue weighted by Crippen LogP contribution is 2.59. The van der Waals surface area contributed by atoms with Gasteiger partial charge in [0.15, 0.2) is 0 Å². The third-order valence-corrected chi connectivity index (χ3v) is 11.5. The van der Waals surface area contributed by atoms with Crippen molar-refractivity contribution in [2.75, 3.05) is 4.90 Å². The number of fused-ring (bicyclic) bond motifs is 8. The Labute approximate surface area is 320 Å². The number of benzene rings is 9. The van der Waals surface area contributed by atoms with Gasteiger partial charge in [0.1, 0.15) is 11.2 Å². The van der Waals surface area contributed by atoms with E-state index in [0.29, 0.717) is 0 Å². The van der Waals surface area contributed by atoms with E-state index >= 15 is 0 Å². The van der Waals surface area contributed by atoms with Crippen LogP contribution in [0.15, 0.2) is 217 Å². The first-order chi connectivity index (χ1) is 27.3. The lowest BCUT2D eigenvalue weighted by molar-refractivity contribution is 0.674. The molecule has 0 radical (unpaired) electrons. The van der Waals surface area contributed by atoms with Crippen LogP contribution in [0.1, 0.15) is 22.3 Å². The Bertz CT molecular complexity index is 2980. The second-order valence-electron chi connectivity index (χ2n) is 14.4. The van der Waals surface area contributed by atoms with Crippen LogP contribution in [0.2, 0.25) is 0 Å². The smallest absolute Gasteiger partial charge is 0.143 e. The van der Waals surface area contributed by atoms with Crippen LogP contribution in [-0.4, -0.2) is 0 Å². The van der Waals surface area contributed by atoms with E-state index in [1.54, 1.807) is 0 Å². The minimum Gasteiger partial charge on any atom is -0.455 e. The topological polar surface area (TPSA) is 16.4 Å². The summed E-state index contributed by atoms with van der Waals surface area (Å²) in [7, 11) is 0. The van der Waals surface area contributed by atoms with Crippen LogP contribution in [-0.2, 0) is 5.41 Å². The molecule has 0 spiro atoms. The number of anilines is 3. The van der Waals surface area contributed by atoms with Gasteiger partial charge in [-0.05, 0) is 75.2 Å². The molecule has 258 valence electrons. The molecule has 2 heteroatoms. The maximum Gasteiger partial charge on any atom is 0.143 e. The van der Waals surface area contributed by atoms with Gasteiger partial charge in [-0.25, -0.2) is 0 Å². The van der Waals surface area contributed by atoms with Gasteiger partial charge in [-0.1, -0.05) is 176 Å². The molecule has 0 atom stereocenters.